The van der Waals surface area contributed by atoms with E-state index in [1.807, 2.05) is 72.6 Å². The van der Waals surface area contributed by atoms with Crippen LogP contribution in [0.5, 0.6) is 0 Å². The molecule has 1 atom stereocenters. The fourth-order valence-electron chi connectivity index (χ4n) is 4.51. The number of rotatable bonds is 4. The lowest BCUT2D eigenvalue weighted by molar-refractivity contribution is -0.110. The lowest BCUT2D eigenvalue weighted by Crippen LogP contribution is -2.43. The number of fused-ring (bicyclic) bond motifs is 1. The first-order valence-electron chi connectivity index (χ1n) is 10.8. The van der Waals surface area contributed by atoms with E-state index in [2.05, 4.69) is 17.3 Å². The van der Waals surface area contributed by atoms with Crippen molar-refractivity contribution in [1.82, 2.24) is 9.80 Å². The quantitative estimate of drug-likeness (QED) is 0.620. The molecule has 2 amide bonds. The largest absolute Gasteiger partial charge is 0.457 e. The van der Waals surface area contributed by atoms with Gasteiger partial charge in [0, 0.05) is 29.4 Å². The van der Waals surface area contributed by atoms with E-state index < -0.39 is 0 Å². The molecule has 32 heavy (non-hydrogen) atoms. The fraction of sp³-hybridized carbons (Fsp3) is 0.231. The number of nitrogens with zero attached hydrogens (tertiary/aromatic N) is 2. The van der Waals surface area contributed by atoms with Crippen molar-refractivity contribution >= 4 is 29.2 Å². The van der Waals surface area contributed by atoms with E-state index in [9.17, 15) is 9.59 Å². The van der Waals surface area contributed by atoms with Crippen molar-refractivity contribution in [2.75, 3.05) is 26.0 Å². The number of hydrogen-bond donors (Lipinski definition) is 1. The van der Waals surface area contributed by atoms with Crippen LogP contribution >= 0.6 is 0 Å². The third-order valence-electron chi connectivity index (χ3n) is 6.29. The summed E-state index contributed by atoms with van der Waals surface area (Å²) in [5, 5.41) is 2.87. The van der Waals surface area contributed by atoms with Gasteiger partial charge in [-0.05, 0) is 62.8 Å². The second-order valence-corrected chi connectivity index (χ2v) is 8.36. The highest BCUT2D eigenvalue weighted by atomic mass is 16.3. The third-order valence-corrected chi connectivity index (χ3v) is 6.29. The summed E-state index contributed by atoms with van der Waals surface area (Å²) in [6.07, 6.45) is 4.03. The number of carbonyl (C=O) groups is 2. The van der Waals surface area contributed by atoms with Gasteiger partial charge in [-0.15, -0.1) is 0 Å². The predicted octanol–water partition coefficient (Wildman–Crippen LogP) is 4.56. The van der Waals surface area contributed by atoms with E-state index in [4.69, 9.17) is 4.42 Å². The minimum atomic E-state index is -0.135. The smallest absolute Gasteiger partial charge is 0.256 e. The highest BCUT2D eigenvalue weighted by Gasteiger charge is 2.28. The monoisotopic (exact) mass is 427 g/mol. The second-order valence-electron chi connectivity index (χ2n) is 8.36. The van der Waals surface area contributed by atoms with Gasteiger partial charge in [0.1, 0.15) is 11.5 Å². The zero-order valence-corrected chi connectivity index (χ0v) is 18.2. The third kappa shape index (κ3) is 3.63. The summed E-state index contributed by atoms with van der Waals surface area (Å²) >= 11 is 0. The Morgan fingerprint density at radius 2 is 1.91 bits per heavy atom. The van der Waals surface area contributed by atoms with Crippen molar-refractivity contribution in [3.8, 4) is 11.3 Å². The molecule has 2 aliphatic rings. The minimum absolute atomic E-state index is 0.0195. The summed E-state index contributed by atoms with van der Waals surface area (Å²) in [6.45, 7) is 1.02. The van der Waals surface area contributed by atoms with E-state index in [0.29, 0.717) is 22.7 Å². The summed E-state index contributed by atoms with van der Waals surface area (Å²) in [4.78, 5) is 29.2. The molecule has 2 aromatic carbocycles. The number of carbonyl (C=O) groups excluding carboxylic acids is 2. The van der Waals surface area contributed by atoms with Gasteiger partial charge in [0.05, 0.1) is 11.7 Å². The molecular formula is C26H25N3O3. The Labute approximate surface area is 187 Å². The molecule has 5 rings (SSSR count). The summed E-state index contributed by atoms with van der Waals surface area (Å²) in [6, 6.07) is 18.8. The van der Waals surface area contributed by atoms with Crippen LogP contribution in [-0.2, 0) is 4.79 Å². The van der Waals surface area contributed by atoms with Crippen LogP contribution < -0.4 is 5.32 Å². The highest BCUT2D eigenvalue weighted by Crippen LogP contribution is 2.33. The first-order valence-corrected chi connectivity index (χ1v) is 10.8. The Kier molecular flexibility index (Phi) is 5.15. The summed E-state index contributed by atoms with van der Waals surface area (Å²) in [5.41, 5.74) is 3.80. The molecule has 1 aromatic heterocycles. The van der Waals surface area contributed by atoms with Crippen molar-refractivity contribution in [2.24, 2.45) is 0 Å². The molecule has 0 saturated carbocycles. The van der Waals surface area contributed by atoms with Gasteiger partial charge in [0.15, 0.2) is 0 Å². The lowest BCUT2D eigenvalue weighted by Gasteiger charge is -2.30. The molecule has 3 aromatic rings. The SMILES string of the molecule is CN1CCCC1N(C)C(=O)c1ccc(-c2ccc(/C=C3/C(=O)Nc4ccccc43)o2)cc1. The normalized spacial score (nSPS) is 19.2. The number of amides is 2. The zero-order chi connectivity index (χ0) is 22.2. The molecule has 0 radical (unpaired) electrons. The molecule has 1 saturated heterocycles. The molecule has 162 valence electrons. The fourth-order valence-corrected chi connectivity index (χ4v) is 4.51. The molecule has 6 heteroatoms. The number of para-hydroxylation sites is 1. The molecule has 1 fully saturated rings. The van der Waals surface area contributed by atoms with Crippen LogP contribution in [0.15, 0.2) is 65.1 Å². The van der Waals surface area contributed by atoms with Crippen molar-refractivity contribution in [3.63, 3.8) is 0 Å². The predicted molar refractivity (Wildman–Crippen MR) is 125 cm³/mol. The van der Waals surface area contributed by atoms with Crippen LogP contribution in [0.4, 0.5) is 5.69 Å². The Bertz CT molecular complexity index is 1210. The van der Waals surface area contributed by atoms with Gasteiger partial charge in [-0.3, -0.25) is 14.5 Å². The van der Waals surface area contributed by atoms with Crippen LogP contribution in [0.25, 0.3) is 23.0 Å². The van der Waals surface area contributed by atoms with Crippen LogP contribution in [0.2, 0.25) is 0 Å². The number of hydrogen-bond acceptors (Lipinski definition) is 4. The van der Waals surface area contributed by atoms with Gasteiger partial charge < -0.3 is 14.6 Å². The number of anilines is 1. The van der Waals surface area contributed by atoms with Crippen LogP contribution in [-0.4, -0.2) is 48.4 Å². The van der Waals surface area contributed by atoms with E-state index in [1.54, 1.807) is 6.08 Å². The van der Waals surface area contributed by atoms with Gasteiger partial charge >= 0.3 is 0 Å². The molecule has 0 aliphatic carbocycles. The van der Waals surface area contributed by atoms with E-state index in [-0.39, 0.29) is 18.0 Å². The number of likely N-dealkylation sites (tertiary alicyclic amines) is 1. The Morgan fingerprint density at radius 3 is 2.66 bits per heavy atom. The Hall–Kier alpha value is -3.64. The van der Waals surface area contributed by atoms with Crippen LogP contribution in [0, 0.1) is 0 Å². The van der Waals surface area contributed by atoms with Crippen molar-refractivity contribution in [2.45, 2.75) is 19.0 Å². The van der Waals surface area contributed by atoms with E-state index in [1.165, 1.54) is 0 Å². The molecule has 6 nitrogen and oxygen atoms in total. The molecule has 0 spiro atoms. The maximum absolute atomic E-state index is 12.9. The van der Waals surface area contributed by atoms with Gasteiger partial charge in [-0.1, -0.05) is 30.3 Å². The summed E-state index contributed by atoms with van der Waals surface area (Å²) in [5.74, 6) is 1.17. The van der Waals surface area contributed by atoms with E-state index in [0.717, 1.165) is 36.2 Å². The number of benzene rings is 2. The van der Waals surface area contributed by atoms with Crippen LogP contribution in [0.1, 0.15) is 34.5 Å². The van der Waals surface area contributed by atoms with Gasteiger partial charge in [-0.2, -0.15) is 0 Å². The molecular weight excluding hydrogens is 402 g/mol. The Balaban J connectivity index is 1.34. The molecule has 2 aliphatic heterocycles. The molecule has 1 N–H and O–H groups in total. The maximum atomic E-state index is 12.9. The number of nitrogens with one attached hydrogen (secondary N) is 1. The zero-order valence-electron chi connectivity index (χ0n) is 18.2. The standard InChI is InChI=1S/C26H25N3O3/c1-28-15-5-8-24(28)29(2)26(31)18-11-9-17(10-12-18)23-14-13-19(32-23)16-21-20-6-3-4-7-22(20)27-25(21)30/h3-4,6-7,9-14,16,24H,5,8,15H2,1-2H3,(H,27,30)/b21-16+. The Morgan fingerprint density at radius 1 is 1.12 bits per heavy atom. The average Bonchev–Trinajstić information content (AvgIpc) is 3.53. The molecule has 1 unspecified atom stereocenters. The topological polar surface area (TPSA) is 65.8 Å². The highest BCUT2D eigenvalue weighted by molar-refractivity contribution is 6.34. The van der Waals surface area contributed by atoms with Gasteiger partial charge in [-0.25, -0.2) is 0 Å². The van der Waals surface area contributed by atoms with Gasteiger partial charge in [0.2, 0.25) is 0 Å². The lowest BCUT2D eigenvalue weighted by atomic mass is 10.1. The first kappa shape index (κ1) is 20.3. The maximum Gasteiger partial charge on any atom is 0.256 e. The first-order chi connectivity index (χ1) is 15.5. The van der Waals surface area contributed by atoms with Crippen molar-refractivity contribution in [1.29, 1.82) is 0 Å². The summed E-state index contributed by atoms with van der Waals surface area (Å²) < 4.78 is 5.98. The van der Waals surface area contributed by atoms with E-state index >= 15 is 0 Å². The van der Waals surface area contributed by atoms with Crippen LogP contribution in [0.3, 0.4) is 0 Å². The second kappa shape index (κ2) is 8.13. The number of furan rings is 1. The molecule has 3 heterocycles. The van der Waals surface area contributed by atoms with Crippen molar-refractivity contribution in [3.05, 3.63) is 77.6 Å². The average molecular weight is 428 g/mol. The minimum Gasteiger partial charge on any atom is -0.457 e. The van der Waals surface area contributed by atoms with Gasteiger partial charge in [0.25, 0.3) is 11.8 Å². The summed E-state index contributed by atoms with van der Waals surface area (Å²) in [7, 11) is 3.93. The molecule has 0 bridgehead atoms. The van der Waals surface area contributed by atoms with Crippen molar-refractivity contribution < 1.29 is 14.0 Å².